The van der Waals surface area contributed by atoms with Crippen LogP contribution in [0, 0.1) is 6.92 Å². The summed E-state index contributed by atoms with van der Waals surface area (Å²) < 4.78 is 0. The van der Waals surface area contributed by atoms with Gasteiger partial charge in [-0.05, 0) is 30.7 Å². The Labute approximate surface area is 115 Å². The molecule has 2 aromatic heterocycles. The average Bonchev–Trinajstić information content (AvgIpc) is 2.45. The first-order chi connectivity index (χ1) is 9.58. The first kappa shape index (κ1) is 13.7. The molecule has 6 heteroatoms. The van der Waals surface area contributed by atoms with Gasteiger partial charge >= 0.3 is 5.97 Å². The van der Waals surface area contributed by atoms with Gasteiger partial charge in [-0.1, -0.05) is 6.07 Å². The number of hydrogen-bond donors (Lipinski definition) is 2. The number of carboxylic acid groups (broad SMARTS) is 1. The summed E-state index contributed by atoms with van der Waals surface area (Å²) in [5, 5.41) is 11.5. The van der Waals surface area contributed by atoms with E-state index in [-0.39, 0.29) is 18.0 Å². The van der Waals surface area contributed by atoms with Gasteiger partial charge in [0, 0.05) is 12.4 Å². The molecule has 2 N–H and O–H groups in total. The average molecular weight is 271 g/mol. The highest BCUT2D eigenvalue weighted by Crippen LogP contribution is 2.05. The minimum absolute atomic E-state index is 0.137. The highest BCUT2D eigenvalue weighted by atomic mass is 16.4. The van der Waals surface area contributed by atoms with Crippen LogP contribution in [0.15, 0.2) is 36.7 Å². The lowest BCUT2D eigenvalue weighted by molar-refractivity contribution is 0.0696. The molecule has 102 valence electrons. The minimum atomic E-state index is -1.03. The summed E-state index contributed by atoms with van der Waals surface area (Å²) in [7, 11) is 0. The van der Waals surface area contributed by atoms with Crippen LogP contribution in [-0.2, 0) is 6.54 Å². The van der Waals surface area contributed by atoms with Crippen molar-refractivity contribution in [2.45, 2.75) is 13.5 Å². The Morgan fingerprint density at radius 1 is 1.25 bits per heavy atom. The molecule has 0 aliphatic rings. The van der Waals surface area contributed by atoms with Crippen molar-refractivity contribution in [2.75, 3.05) is 0 Å². The molecule has 0 unspecified atom stereocenters. The van der Waals surface area contributed by atoms with E-state index < -0.39 is 5.97 Å². The van der Waals surface area contributed by atoms with Gasteiger partial charge in [-0.3, -0.25) is 14.8 Å². The molecule has 0 aromatic carbocycles. The lowest BCUT2D eigenvalue weighted by Gasteiger charge is -2.06. The molecule has 6 nitrogen and oxygen atoms in total. The van der Waals surface area contributed by atoms with Crippen molar-refractivity contribution in [3.63, 3.8) is 0 Å². The number of hydrogen-bond acceptors (Lipinski definition) is 4. The van der Waals surface area contributed by atoms with Crippen LogP contribution < -0.4 is 5.32 Å². The van der Waals surface area contributed by atoms with Crippen LogP contribution in [0.1, 0.15) is 32.1 Å². The van der Waals surface area contributed by atoms with Crippen LogP contribution in [0.4, 0.5) is 0 Å². The number of aromatic nitrogens is 2. The van der Waals surface area contributed by atoms with Crippen molar-refractivity contribution in [3.05, 3.63) is 59.2 Å². The summed E-state index contributed by atoms with van der Waals surface area (Å²) in [4.78, 5) is 30.8. The molecule has 0 fully saturated rings. The van der Waals surface area contributed by atoms with Gasteiger partial charge in [0.05, 0.1) is 17.8 Å². The standard InChI is InChI=1S/C14H13N3O3/c1-9-3-2-5-16-12(9)13(18)17-8-11-7-10(14(19)20)4-6-15-11/h2-7H,8H2,1H3,(H,17,18)(H,19,20). The summed E-state index contributed by atoms with van der Waals surface area (Å²) in [6.07, 6.45) is 2.95. The molecule has 2 heterocycles. The predicted octanol–water partition coefficient (Wildman–Crippen LogP) is 1.41. The Bertz CT molecular complexity index is 656. The third-order valence-electron chi connectivity index (χ3n) is 2.72. The van der Waals surface area contributed by atoms with E-state index in [2.05, 4.69) is 15.3 Å². The first-order valence-corrected chi connectivity index (χ1v) is 5.96. The lowest BCUT2D eigenvalue weighted by Crippen LogP contribution is -2.25. The minimum Gasteiger partial charge on any atom is -0.478 e. The quantitative estimate of drug-likeness (QED) is 0.877. The highest BCUT2D eigenvalue weighted by Gasteiger charge is 2.10. The number of pyridine rings is 2. The second-order valence-corrected chi connectivity index (χ2v) is 4.19. The Kier molecular flexibility index (Phi) is 4.05. The van der Waals surface area contributed by atoms with Crippen molar-refractivity contribution < 1.29 is 14.7 Å². The van der Waals surface area contributed by atoms with Crippen LogP contribution in [0.2, 0.25) is 0 Å². The molecule has 2 rings (SSSR count). The van der Waals surface area contributed by atoms with E-state index in [0.717, 1.165) is 5.56 Å². The molecule has 0 radical (unpaired) electrons. The smallest absolute Gasteiger partial charge is 0.335 e. The number of carbonyl (C=O) groups excluding carboxylic acids is 1. The van der Waals surface area contributed by atoms with Crippen LogP contribution in [0.5, 0.6) is 0 Å². The first-order valence-electron chi connectivity index (χ1n) is 5.96. The van der Waals surface area contributed by atoms with Gasteiger partial charge in [-0.2, -0.15) is 0 Å². The van der Waals surface area contributed by atoms with E-state index >= 15 is 0 Å². The van der Waals surface area contributed by atoms with E-state index in [9.17, 15) is 9.59 Å². The van der Waals surface area contributed by atoms with Crippen molar-refractivity contribution in [2.24, 2.45) is 0 Å². The zero-order valence-electron chi connectivity index (χ0n) is 10.8. The second kappa shape index (κ2) is 5.92. The summed E-state index contributed by atoms with van der Waals surface area (Å²) >= 11 is 0. The van der Waals surface area contributed by atoms with Gasteiger partial charge in [-0.15, -0.1) is 0 Å². The molecular weight excluding hydrogens is 258 g/mol. The second-order valence-electron chi connectivity index (χ2n) is 4.19. The van der Waals surface area contributed by atoms with Crippen molar-refractivity contribution >= 4 is 11.9 Å². The molecule has 0 aliphatic heterocycles. The van der Waals surface area contributed by atoms with Crippen molar-refractivity contribution in [3.8, 4) is 0 Å². The monoisotopic (exact) mass is 271 g/mol. The molecule has 0 bridgehead atoms. The molecule has 0 saturated heterocycles. The largest absolute Gasteiger partial charge is 0.478 e. The molecule has 1 amide bonds. The number of nitrogens with zero attached hydrogens (tertiary/aromatic N) is 2. The number of rotatable bonds is 4. The number of aromatic carboxylic acids is 1. The Balaban J connectivity index is 2.06. The van der Waals surface area contributed by atoms with Crippen LogP contribution in [-0.4, -0.2) is 27.0 Å². The maximum absolute atomic E-state index is 11.9. The normalized spacial score (nSPS) is 10.1. The topological polar surface area (TPSA) is 92.2 Å². The Morgan fingerprint density at radius 3 is 2.75 bits per heavy atom. The Hall–Kier alpha value is -2.76. The number of amides is 1. The summed E-state index contributed by atoms with van der Waals surface area (Å²) in [5.41, 5.74) is 1.74. The van der Waals surface area contributed by atoms with E-state index in [4.69, 9.17) is 5.11 Å². The molecule has 0 atom stereocenters. The molecule has 2 aromatic rings. The van der Waals surface area contributed by atoms with E-state index in [1.807, 2.05) is 0 Å². The number of carboxylic acids is 1. The third-order valence-corrected chi connectivity index (χ3v) is 2.72. The van der Waals surface area contributed by atoms with Gasteiger partial charge in [0.1, 0.15) is 5.69 Å². The molecule has 0 saturated carbocycles. The molecule has 20 heavy (non-hydrogen) atoms. The number of carbonyl (C=O) groups is 2. The molecular formula is C14H13N3O3. The van der Waals surface area contributed by atoms with Crippen LogP contribution >= 0.6 is 0 Å². The van der Waals surface area contributed by atoms with Crippen LogP contribution in [0.25, 0.3) is 0 Å². The number of nitrogens with one attached hydrogen (secondary N) is 1. The van der Waals surface area contributed by atoms with Crippen molar-refractivity contribution in [1.82, 2.24) is 15.3 Å². The SMILES string of the molecule is Cc1cccnc1C(=O)NCc1cc(C(=O)O)ccn1. The summed E-state index contributed by atoms with van der Waals surface area (Å²) in [6.45, 7) is 1.95. The van der Waals surface area contributed by atoms with E-state index in [0.29, 0.717) is 11.4 Å². The zero-order chi connectivity index (χ0) is 14.5. The lowest BCUT2D eigenvalue weighted by atomic mass is 10.2. The molecule has 0 aliphatic carbocycles. The van der Waals surface area contributed by atoms with Gasteiger partial charge in [0.2, 0.25) is 0 Å². The summed E-state index contributed by atoms with van der Waals surface area (Å²) in [5.74, 6) is -1.34. The predicted molar refractivity (Wildman–Crippen MR) is 71.3 cm³/mol. The molecule has 0 spiro atoms. The fourth-order valence-corrected chi connectivity index (χ4v) is 1.69. The van der Waals surface area contributed by atoms with E-state index in [1.54, 1.807) is 25.3 Å². The van der Waals surface area contributed by atoms with Gasteiger partial charge in [-0.25, -0.2) is 4.79 Å². The zero-order valence-corrected chi connectivity index (χ0v) is 10.8. The van der Waals surface area contributed by atoms with Crippen LogP contribution in [0.3, 0.4) is 0 Å². The van der Waals surface area contributed by atoms with Gasteiger partial charge in [0.25, 0.3) is 5.91 Å². The fourth-order valence-electron chi connectivity index (χ4n) is 1.69. The van der Waals surface area contributed by atoms with Crippen molar-refractivity contribution in [1.29, 1.82) is 0 Å². The maximum atomic E-state index is 11.9. The number of aryl methyl sites for hydroxylation is 1. The maximum Gasteiger partial charge on any atom is 0.335 e. The van der Waals surface area contributed by atoms with Gasteiger partial charge in [0.15, 0.2) is 0 Å². The summed E-state index contributed by atoms with van der Waals surface area (Å²) in [6, 6.07) is 6.37. The Morgan fingerprint density at radius 2 is 2.05 bits per heavy atom. The highest BCUT2D eigenvalue weighted by molar-refractivity contribution is 5.93. The third kappa shape index (κ3) is 3.17. The van der Waals surface area contributed by atoms with E-state index in [1.165, 1.54) is 18.3 Å². The fraction of sp³-hybridized carbons (Fsp3) is 0.143. The van der Waals surface area contributed by atoms with Gasteiger partial charge < -0.3 is 10.4 Å².